The summed E-state index contributed by atoms with van der Waals surface area (Å²) in [6, 6.07) is 2.24. The number of nitrogens with two attached hydrogens (primary N) is 1. The maximum atomic E-state index is 9.02. The Hall–Kier alpha value is -0.970. The lowest BCUT2D eigenvalue weighted by molar-refractivity contribution is -0.0315. The van der Waals surface area contributed by atoms with Crippen LogP contribution in [0.2, 0.25) is 0 Å². The van der Waals surface area contributed by atoms with Crippen LogP contribution in [0.15, 0.2) is 11.3 Å². The van der Waals surface area contributed by atoms with E-state index in [0.29, 0.717) is 0 Å². The van der Waals surface area contributed by atoms with E-state index in [4.69, 9.17) is 11.0 Å². The summed E-state index contributed by atoms with van der Waals surface area (Å²) in [5.74, 6) is 2.70. The average molecular weight is 216 g/mol. The highest BCUT2D eigenvalue weighted by Gasteiger charge is 2.52. The van der Waals surface area contributed by atoms with Gasteiger partial charge in [-0.05, 0) is 63.2 Å². The monoisotopic (exact) mass is 216 g/mol. The number of hydrogen-bond donors (Lipinski definition) is 1. The zero-order chi connectivity index (χ0) is 11.3. The first-order valence-electron chi connectivity index (χ1n) is 6.50. The lowest BCUT2D eigenvalue weighted by atomic mass is 9.48. The van der Waals surface area contributed by atoms with Crippen LogP contribution < -0.4 is 5.73 Å². The van der Waals surface area contributed by atoms with E-state index < -0.39 is 0 Å². The minimum Gasteiger partial charge on any atom is -0.401 e. The van der Waals surface area contributed by atoms with Crippen LogP contribution in [0.3, 0.4) is 0 Å². The average Bonchev–Trinajstić information content (AvgIpc) is 2.25. The van der Waals surface area contributed by atoms with Gasteiger partial charge in [-0.2, -0.15) is 5.26 Å². The third-order valence-electron chi connectivity index (χ3n) is 5.18. The highest BCUT2D eigenvalue weighted by molar-refractivity contribution is 5.30. The minimum absolute atomic E-state index is 0.217. The molecular weight excluding hydrogens is 196 g/mol. The molecule has 16 heavy (non-hydrogen) atoms. The van der Waals surface area contributed by atoms with Gasteiger partial charge in [0, 0.05) is 16.7 Å². The predicted molar refractivity (Wildman–Crippen MR) is 63.1 cm³/mol. The van der Waals surface area contributed by atoms with Crippen molar-refractivity contribution >= 4 is 0 Å². The quantitative estimate of drug-likeness (QED) is 0.685. The fourth-order valence-electron chi connectivity index (χ4n) is 4.90. The van der Waals surface area contributed by atoms with E-state index in [1.54, 1.807) is 0 Å². The molecule has 0 aromatic heterocycles. The first-order chi connectivity index (χ1) is 7.63. The normalized spacial score (nSPS) is 46.4. The predicted octanol–water partition coefficient (Wildman–Crippen LogP) is 2.96. The molecule has 0 aromatic carbocycles. The molecule has 0 heterocycles. The fourth-order valence-corrected chi connectivity index (χ4v) is 4.90. The van der Waals surface area contributed by atoms with Crippen molar-refractivity contribution in [3.8, 4) is 6.07 Å². The van der Waals surface area contributed by atoms with E-state index in [1.165, 1.54) is 38.5 Å². The molecule has 86 valence electrons. The van der Waals surface area contributed by atoms with Gasteiger partial charge in [0.15, 0.2) is 0 Å². The van der Waals surface area contributed by atoms with Gasteiger partial charge in [0.25, 0.3) is 0 Å². The summed E-state index contributed by atoms with van der Waals surface area (Å²) in [5.41, 5.74) is 8.19. The molecule has 2 heteroatoms. The molecule has 4 fully saturated rings. The molecular formula is C14H20N2. The summed E-state index contributed by atoms with van der Waals surface area (Å²) >= 11 is 0. The Balaban J connectivity index is 1.98. The van der Waals surface area contributed by atoms with Crippen molar-refractivity contribution in [1.82, 2.24) is 0 Å². The Morgan fingerprint density at radius 2 is 1.56 bits per heavy atom. The second kappa shape index (κ2) is 3.26. The Morgan fingerprint density at radius 1 is 1.12 bits per heavy atom. The zero-order valence-corrected chi connectivity index (χ0v) is 10.00. The highest BCUT2D eigenvalue weighted by atomic mass is 14.7. The third kappa shape index (κ3) is 1.30. The number of allylic oxidation sites excluding steroid dienone is 2. The van der Waals surface area contributed by atoms with Crippen LogP contribution in [0.1, 0.15) is 45.4 Å². The van der Waals surface area contributed by atoms with E-state index in [1.807, 2.05) is 6.92 Å². The van der Waals surface area contributed by atoms with Crippen LogP contribution in [-0.4, -0.2) is 0 Å². The second-order valence-electron chi connectivity index (χ2n) is 6.35. The molecule has 4 rings (SSSR count). The summed E-state index contributed by atoms with van der Waals surface area (Å²) in [6.07, 6.45) is 8.05. The Morgan fingerprint density at radius 3 is 1.94 bits per heavy atom. The van der Waals surface area contributed by atoms with E-state index >= 15 is 0 Å². The van der Waals surface area contributed by atoms with Crippen molar-refractivity contribution in [3.05, 3.63) is 11.3 Å². The number of hydrogen-bond acceptors (Lipinski definition) is 2. The summed E-state index contributed by atoms with van der Waals surface area (Å²) in [5, 5.41) is 9.02. The van der Waals surface area contributed by atoms with E-state index in [0.717, 1.165) is 29.0 Å². The number of nitrogens with zero attached hydrogens (tertiary/aromatic N) is 1. The first kappa shape index (κ1) is 10.2. The van der Waals surface area contributed by atoms with Crippen molar-refractivity contribution in [1.29, 1.82) is 5.26 Å². The first-order valence-corrected chi connectivity index (χ1v) is 6.50. The van der Waals surface area contributed by atoms with Crippen molar-refractivity contribution < 1.29 is 0 Å². The van der Waals surface area contributed by atoms with Crippen molar-refractivity contribution in [2.45, 2.75) is 45.4 Å². The van der Waals surface area contributed by atoms with Gasteiger partial charge in [0.2, 0.25) is 0 Å². The summed E-state index contributed by atoms with van der Waals surface area (Å²) < 4.78 is 0. The van der Waals surface area contributed by atoms with Crippen LogP contribution in [0.5, 0.6) is 0 Å². The smallest absolute Gasteiger partial charge is 0.0962 e. The van der Waals surface area contributed by atoms with Gasteiger partial charge in [-0.1, -0.05) is 0 Å². The maximum Gasteiger partial charge on any atom is 0.0962 e. The molecule has 4 aliphatic rings. The van der Waals surface area contributed by atoms with E-state index in [-0.39, 0.29) is 5.41 Å². The van der Waals surface area contributed by atoms with Crippen LogP contribution in [0.25, 0.3) is 0 Å². The molecule has 4 aliphatic carbocycles. The molecule has 0 unspecified atom stereocenters. The largest absolute Gasteiger partial charge is 0.401 e. The third-order valence-corrected chi connectivity index (χ3v) is 5.18. The summed E-state index contributed by atoms with van der Waals surface area (Å²) in [7, 11) is 0. The lowest BCUT2D eigenvalue weighted by Crippen LogP contribution is -2.48. The van der Waals surface area contributed by atoms with Crippen LogP contribution in [0, 0.1) is 34.5 Å². The van der Waals surface area contributed by atoms with Crippen molar-refractivity contribution in [2.24, 2.45) is 28.9 Å². The molecule has 2 N–H and O–H groups in total. The highest BCUT2D eigenvalue weighted by Crippen LogP contribution is 2.62. The van der Waals surface area contributed by atoms with Gasteiger partial charge in [0.05, 0.1) is 6.07 Å². The molecule has 0 spiro atoms. The second-order valence-corrected chi connectivity index (χ2v) is 6.35. The van der Waals surface area contributed by atoms with Crippen molar-refractivity contribution in [2.75, 3.05) is 0 Å². The molecule has 2 nitrogen and oxygen atoms in total. The van der Waals surface area contributed by atoms with Gasteiger partial charge in [-0.15, -0.1) is 0 Å². The molecule has 4 bridgehead atoms. The Bertz CT molecular complexity index is 351. The minimum atomic E-state index is 0.217. The Labute approximate surface area is 97.5 Å². The van der Waals surface area contributed by atoms with E-state index in [2.05, 4.69) is 6.07 Å². The van der Waals surface area contributed by atoms with Crippen LogP contribution in [-0.2, 0) is 0 Å². The lowest BCUT2D eigenvalue weighted by Gasteiger charge is -2.57. The van der Waals surface area contributed by atoms with Gasteiger partial charge in [0.1, 0.15) is 0 Å². The zero-order valence-electron chi connectivity index (χ0n) is 10.00. The van der Waals surface area contributed by atoms with Crippen LogP contribution >= 0.6 is 0 Å². The van der Waals surface area contributed by atoms with Crippen molar-refractivity contribution in [3.63, 3.8) is 0 Å². The van der Waals surface area contributed by atoms with Gasteiger partial charge < -0.3 is 5.73 Å². The molecule has 4 saturated carbocycles. The topological polar surface area (TPSA) is 49.8 Å². The molecule has 0 aromatic rings. The molecule has 0 aliphatic heterocycles. The molecule has 0 amide bonds. The van der Waals surface area contributed by atoms with E-state index in [9.17, 15) is 0 Å². The maximum absolute atomic E-state index is 9.02. The Kier molecular flexibility index (Phi) is 2.08. The number of nitriles is 1. The standard InChI is InChI=1S/C14H20N2/c1-9(8-15)13(16)14-5-10-2-11(6-14)4-12(3-10)7-14/h10-12H,2-7,16H2,1H3. The SMILES string of the molecule is CC(C#N)=C(N)C12CC3CC(CC(C3)C1)C2. The van der Waals surface area contributed by atoms with Crippen LogP contribution in [0.4, 0.5) is 0 Å². The molecule has 0 radical (unpaired) electrons. The van der Waals surface area contributed by atoms with Gasteiger partial charge in [-0.3, -0.25) is 0 Å². The summed E-state index contributed by atoms with van der Waals surface area (Å²) in [4.78, 5) is 0. The molecule has 0 atom stereocenters. The molecule has 0 saturated heterocycles. The summed E-state index contributed by atoms with van der Waals surface area (Å²) in [6.45, 7) is 1.88. The van der Waals surface area contributed by atoms with Gasteiger partial charge in [-0.25, -0.2) is 0 Å². The fraction of sp³-hybridized carbons (Fsp3) is 0.786. The van der Waals surface area contributed by atoms with Gasteiger partial charge >= 0.3 is 0 Å². The number of rotatable bonds is 1.